The molecule has 1 amide bonds. The van der Waals surface area contributed by atoms with E-state index >= 15 is 0 Å². The van der Waals surface area contributed by atoms with Crippen molar-refractivity contribution in [3.8, 4) is 0 Å². The van der Waals surface area contributed by atoms with Crippen LogP contribution in [0, 0.1) is 0 Å². The number of amides is 1. The molecule has 12 atom stereocenters. The van der Waals surface area contributed by atoms with Gasteiger partial charge in [0.2, 0.25) is 5.91 Å². The molecule has 0 aromatic rings. The molecule has 9 N–H and O–H groups in total. The zero-order valence-corrected chi connectivity index (χ0v) is 58.7. The SMILES string of the molecule is CCCCCCCCCCCCCCCCCCCCCCCCCCCCCCCCCCCCCCCCCCCC(=O)NC(COC1OC(CO)C(OC2OC(CO)C(O)C(O)C2O)C(O)C1O)C(O)CCCCCCCCCCCCCCCCC. The van der Waals surface area contributed by atoms with Crippen molar-refractivity contribution in [2.75, 3.05) is 19.8 Å². The van der Waals surface area contributed by atoms with Crippen LogP contribution in [-0.2, 0) is 23.7 Å². The maximum atomic E-state index is 13.4. The fraction of sp³-hybridized carbons (Fsp3) is 0.987. The Morgan fingerprint density at radius 3 is 0.944 bits per heavy atom. The van der Waals surface area contributed by atoms with Gasteiger partial charge in [-0.2, -0.15) is 0 Å². The quantitative estimate of drug-likeness (QED) is 0.0259. The third-order valence-electron chi connectivity index (χ3n) is 19.8. The third-order valence-corrected chi connectivity index (χ3v) is 19.8. The summed E-state index contributed by atoms with van der Waals surface area (Å²) in [5.74, 6) is -0.197. The summed E-state index contributed by atoms with van der Waals surface area (Å²) >= 11 is 0. The van der Waals surface area contributed by atoms with Crippen LogP contribution in [-0.4, -0.2) is 140 Å². The Kier molecular flexibility index (Phi) is 58.2. The van der Waals surface area contributed by atoms with Crippen LogP contribution in [0.4, 0.5) is 0 Å². The molecule has 2 rings (SSSR count). The first-order valence-corrected chi connectivity index (χ1v) is 39.3. The predicted octanol–water partition coefficient (Wildman–Crippen LogP) is 17.1. The lowest BCUT2D eigenvalue weighted by Crippen LogP contribution is -2.65. The monoisotopic (exact) mass is 1280 g/mol. The average Bonchev–Trinajstić information content (AvgIpc) is 1.58. The molecule has 2 aliphatic heterocycles. The minimum Gasteiger partial charge on any atom is -0.394 e. The fourth-order valence-electron chi connectivity index (χ4n) is 13.6. The number of carbonyl (C=O) groups excluding carboxylic acids is 1. The fourth-order valence-corrected chi connectivity index (χ4v) is 13.6. The maximum Gasteiger partial charge on any atom is 0.220 e. The van der Waals surface area contributed by atoms with Gasteiger partial charge in [0.25, 0.3) is 0 Å². The van der Waals surface area contributed by atoms with Crippen molar-refractivity contribution in [2.24, 2.45) is 0 Å². The van der Waals surface area contributed by atoms with Crippen molar-refractivity contribution in [1.29, 1.82) is 0 Å². The molecule has 0 radical (unpaired) electrons. The molecular weight excluding hydrogens is 1130 g/mol. The van der Waals surface area contributed by atoms with Crippen LogP contribution in [0.3, 0.4) is 0 Å². The number of hydrogen-bond acceptors (Lipinski definition) is 13. The molecular formula is C76H149NO13. The Hall–Kier alpha value is -1.01. The molecule has 0 spiro atoms. The molecule has 0 aromatic heterocycles. The number of ether oxygens (including phenoxy) is 4. The van der Waals surface area contributed by atoms with E-state index in [1.54, 1.807) is 0 Å². The Morgan fingerprint density at radius 2 is 0.633 bits per heavy atom. The van der Waals surface area contributed by atoms with Crippen molar-refractivity contribution in [1.82, 2.24) is 5.32 Å². The van der Waals surface area contributed by atoms with Crippen LogP contribution in [0.25, 0.3) is 0 Å². The van der Waals surface area contributed by atoms with Gasteiger partial charge in [-0.15, -0.1) is 0 Å². The number of rotatable bonds is 67. The predicted molar refractivity (Wildman–Crippen MR) is 369 cm³/mol. The zero-order chi connectivity index (χ0) is 65.2. The minimum atomic E-state index is -1.78. The van der Waals surface area contributed by atoms with Crippen molar-refractivity contribution in [2.45, 2.75) is 460 Å². The number of nitrogens with one attached hydrogen (secondary N) is 1. The van der Waals surface area contributed by atoms with E-state index in [-0.39, 0.29) is 12.5 Å². The molecule has 536 valence electrons. The highest BCUT2D eigenvalue weighted by Crippen LogP contribution is 2.30. The summed E-state index contributed by atoms with van der Waals surface area (Å²) in [7, 11) is 0. The largest absolute Gasteiger partial charge is 0.394 e. The van der Waals surface area contributed by atoms with Gasteiger partial charge in [0.05, 0.1) is 32.0 Å². The first kappa shape index (κ1) is 85.1. The van der Waals surface area contributed by atoms with Crippen molar-refractivity contribution >= 4 is 5.91 Å². The summed E-state index contributed by atoms with van der Waals surface area (Å²) < 4.78 is 22.9. The third kappa shape index (κ3) is 44.7. The zero-order valence-electron chi connectivity index (χ0n) is 58.7. The van der Waals surface area contributed by atoms with Gasteiger partial charge >= 0.3 is 0 Å². The van der Waals surface area contributed by atoms with E-state index in [1.807, 2.05) is 0 Å². The first-order chi connectivity index (χ1) is 44.1. The molecule has 2 aliphatic rings. The Morgan fingerprint density at radius 1 is 0.356 bits per heavy atom. The highest BCUT2D eigenvalue weighted by atomic mass is 16.7. The maximum absolute atomic E-state index is 13.4. The Balaban J connectivity index is 1.51. The van der Waals surface area contributed by atoms with E-state index in [4.69, 9.17) is 18.9 Å². The molecule has 12 unspecified atom stereocenters. The van der Waals surface area contributed by atoms with Gasteiger partial charge in [-0.1, -0.05) is 367 Å². The van der Waals surface area contributed by atoms with E-state index in [0.29, 0.717) is 12.8 Å². The summed E-state index contributed by atoms with van der Waals surface area (Å²) in [6, 6.07) is -0.824. The van der Waals surface area contributed by atoms with E-state index in [2.05, 4.69) is 19.2 Å². The Labute approximate surface area is 553 Å². The van der Waals surface area contributed by atoms with Crippen LogP contribution >= 0.6 is 0 Å². The normalized spacial score (nSPS) is 22.8. The molecule has 0 saturated carbocycles. The van der Waals surface area contributed by atoms with Crippen LogP contribution in [0.15, 0.2) is 0 Å². The summed E-state index contributed by atoms with van der Waals surface area (Å²) in [4.78, 5) is 13.4. The topological polar surface area (TPSA) is 228 Å². The summed E-state index contributed by atoms with van der Waals surface area (Å²) in [5, 5.41) is 87.6. The van der Waals surface area contributed by atoms with Gasteiger partial charge in [0, 0.05) is 6.42 Å². The van der Waals surface area contributed by atoms with E-state index in [1.165, 1.54) is 308 Å². The van der Waals surface area contributed by atoms with E-state index < -0.39 is 86.8 Å². The number of aliphatic hydroxyl groups excluding tert-OH is 8. The first-order valence-electron chi connectivity index (χ1n) is 39.3. The highest BCUT2D eigenvalue weighted by molar-refractivity contribution is 5.76. The van der Waals surface area contributed by atoms with Gasteiger partial charge < -0.3 is 65.1 Å². The van der Waals surface area contributed by atoms with E-state index in [9.17, 15) is 45.6 Å². The van der Waals surface area contributed by atoms with Gasteiger partial charge in [-0.05, 0) is 12.8 Å². The van der Waals surface area contributed by atoms with Crippen LogP contribution in [0.2, 0.25) is 0 Å². The van der Waals surface area contributed by atoms with Crippen molar-refractivity contribution < 1.29 is 64.6 Å². The van der Waals surface area contributed by atoms with Crippen molar-refractivity contribution in [3.05, 3.63) is 0 Å². The van der Waals surface area contributed by atoms with Crippen molar-refractivity contribution in [3.63, 3.8) is 0 Å². The van der Waals surface area contributed by atoms with E-state index in [0.717, 1.165) is 51.4 Å². The Bertz CT molecular complexity index is 1510. The molecule has 2 heterocycles. The molecule has 2 fully saturated rings. The number of aliphatic hydroxyl groups is 8. The van der Waals surface area contributed by atoms with Crippen LogP contribution < -0.4 is 5.32 Å². The summed E-state index contributed by atoms with van der Waals surface area (Å²) in [6.45, 7) is 2.92. The summed E-state index contributed by atoms with van der Waals surface area (Å²) in [6.07, 6.45) is 58.9. The number of unbranched alkanes of at least 4 members (excludes halogenated alkanes) is 54. The second-order valence-corrected chi connectivity index (χ2v) is 28.2. The summed E-state index contributed by atoms with van der Waals surface area (Å²) in [5.41, 5.74) is 0. The second kappa shape index (κ2) is 61.6. The second-order valence-electron chi connectivity index (χ2n) is 28.2. The molecule has 2 saturated heterocycles. The standard InChI is InChI=1S/C76H149NO13/c1-3-5-7-9-11-13-15-17-19-20-21-22-23-24-25-26-27-28-29-30-31-32-33-34-35-36-37-38-39-40-41-42-43-44-46-48-50-52-54-56-58-60-68(81)77-64(65(80)59-57-55-53-51-49-47-45-18-16-14-12-10-8-6-4-2)63-87-75-73(86)71(84)74(67(62-79)89-75)90-76-72(85)70(83)69(82)66(61-78)88-76/h64-67,69-76,78-80,82-86H,3-63H2,1-2H3,(H,77,81). The molecule has 14 heteroatoms. The molecule has 0 aliphatic carbocycles. The van der Waals surface area contributed by atoms with Gasteiger partial charge in [-0.25, -0.2) is 0 Å². The smallest absolute Gasteiger partial charge is 0.220 e. The molecule has 90 heavy (non-hydrogen) atoms. The molecule has 0 aromatic carbocycles. The lowest BCUT2D eigenvalue weighted by atomic mass is 9.97. The van der Waals surface area contributed by atoms with Crippen LogP contribution in [0.5, 0.6) is 0 Å². The van der Waals surface area contributed by atoms with Crippen LogP contribution in [0.1, 0.15) is 386 Å². The minimum absolute atomic E-state index is 0.197. The average molecular weight is 1290 g/mol. The lowest BCUT2D eigenvalue weighted by molar-refractivity contribution is -0.359. The van der Waals surface area contributed by atoms with Gasteiger partial charge in [0.15, 0.2) is 12.6 Å². The lowest BCUT2D eigenvalue weighted by Gasteiger charge is -2.46. The molecule has 0 bridgehead atoms. The number of carbonyl (C=O) groups is 1. The highest BCUT2D eigenvalue weighted by Gasteiger charge is 2.51. The molecule has 14 nitrogen and oxygen atoms in total. The number of hydrogen-bond donors (Lipinski definition) is 9. The van der Waals surface area contributed by atoms with Gasteiger partial charge in [-0.3, -0.25) is 4.79 Å². The van der Waals surface area contributed by atoms with Gasteiger partial charge in [0.1, 0.15) is 48.8 Å².